The maximum atomic E-state index is 12.4. The highest BCUT2D eigenvalue weighted by Gasteiger charge is 2.38. The SMILES string of the molecule is O=C(C(=O)C1CNCS1)C1CN(C(=O)C(=O)C2CNCS2)CCN1. The van der Waals surface area contributed by atoms with E-state index in [2.05, 4.69) is 16.0 Å². The number of piperazine rings is 1. The first-order valence-electron chi connectivity index (χ1n) is 7.87. The summed E-state index contributed by atoms with van der Waals surface area (Å²) >= 11 is 2.84. The van der Waals surface area contributed by atoms with E-state index in [1.54, 1.807) is 0 Å². The van der Waals surface area contributed by atoms with Gasteiger partial charge in [0.25, 0.3) is 5.91 Å². The molecule has 3 aliphatic rings. The molecule has 0 aliphatic carbocycles. The van der Waals surface area contributed by atoms with Crippen LogP contribution in [0.15, 0.2) is 0 Å². The van der Waals surface area contributed by atoms with E-state index in [9.17, 15) is 19.2 Å². The molecular formula is C14H20N4O4S2. The molecule has 0 aromatic heterocycles. The normalized spacial score (nSPS) is 30.3. The summed E-state index contributed by atoms with van der Waals surface area (Å²) in [6, 6.07) is -0.724. The van der Waals surface area contributed by atoms with Crippen molar-refractivity contribution in [2.45, 2.75) is 16.5 Å². The average molecular weight is 372 g/mol. The zero-order valence-corrected chi connectivity index (χ0v) is 14.7. The molecule has 0 spiro atoms. The lowest BCUT2D eigenvalue weighted by Gasteiger charge is -2.32. The van der Waals surface area contributed by atoms with Crippen molar-refractivity contribution in [3.8, 4) is 0 Å². The maximum absolute atomic E-state index is 12.4. The fraction of sp³-hybridized carbons (Fsp3) is 0.714. The quantitative estimate of drug-likeness (QED) is 0.464. The summed E-state index contributed by atoms with van der Waals surface area (Å²) < 4.78 is 0. The number of ketones is 3. The summed E-state index contributed by atoms with van der Waals surface area (Å²) in [5.41, 5.74) is 0. The first-order valence-corrected chi connectivity index (χ1v) is 9.97. The van der Waals surface area contributed by atoms with Crippen LogP contribution in [-0.2, 0) is 19.2 Å². The van der Waals surface area contributed by atoms with E-state index in [0.29, 0.717) is 37.9 Å². The molecule has 0 radical (unpaired) electrons. The number of hydrogen-bond acceptors (Lipinski definition) is 9. The van der Waals surface area contributed by atoms with E-state index in [4.69, 9.17) is 0 Å². The van der Waals surface area contributed by atoms with Crippen molar-refractivity contribution in [2.75, 3.05) is 44.5 Å². The Morgan fingerprint density at radius 1 is 0.875 bits per heavy atom. The van der Waals surface area contributed by atoms with Gasteiger partial charge in [-0.3, -0.25) is 19.2 Å². The van der Waals surface area contributed by atoms with Crippen molar-refractivity contribution in [1.82, 2.24) is 20.9 Å². The van der Waals surface area contributed by atoms with Crippen LogP contribution in [0, 0.1) is 0 Å². The van der Waals surface area contributed by atoms with Gasteiger partial charge < -0.3 is 20.9 Å². The molecule has 132 valence electrons. The van der Waals surface area contributed by atoms with Crippen LogP contribution in [0.25, 0.3) is 0 Å². The Labute approximate surface area is 148 Å². The molecule has 3 unspecified atom stereocenters. The van der Waals surface area contributed by atoms with Gasteiger partial charge in [-0.25, -0.2) is 0 Å². The minimum Gasteiger partial charge on any atom is -0.333 e. The molecule has 10 heteroatoms. The molecule has 3 fully saturated rings. The molecule has 0 saturated carbocycles. The lowest BCUT2D eigenvalue weighted by atomic mass is 10.0. The zero-order valence-electron chi connectivity index (χ0n) is 13.1. The van der Waals surface area contributed by atoms with Crippen LogP contribution in [0.2, 0.25) is 0 Å². The molecule has 3 rings (SSSR count). The number of carbonyl (C=O) groups is 4. The molecule has 1 amide bonds. The van der Waals surface area contributed by atoms with Gasteiger partial charge in [-0.05, 0) is 0 Å². The molecule has 0 aromatic carbocycles. The van der Waals surface area contributed by atoms with Gasteiger partial charge in [0.15, 0.2) is 0 Å². The number of hydrogen-bond donors (Lipinski definition) is 3. The van der Waals surface area contributed by atoms with Gasteiger partial charge in [-0.1, -0.05) is 0 Å². The van der Waals surface area contributed by atoms with Crippen molar-refractivity contribution < 1.29 is 19.2 Å². The third-order valence-corrected chi connectivity index (χ3v) is 6.56. The van der Waals surface area contributed by atoms with Crippen molar-refractivity contribution >= 4 is 46.8 Å². The Kier molecular flexibility index (Phi) is 5.93. The Morgan fingerprint density at radius 2 is 1.50 bits per heavy atom. The molecule has 3 N–H and O–H groups in total. The molecule has 0 bridgehead atoms. The van der Waals surface area contributed by atoms with E-state index in [-0.39, 0.29) is 17.0 Å². The first-order chi connectivity index (χ1) is 11.6. The van der Waals surface area contributed by atoms with Crippen molar-refractivity contribution in [1.29, 1.82) is 0 Å². The molecule has 3 saturated heterocycles. The Balaban J connectivity index is 1.59. The van der Waals surface area contributed by atoms with Crippen molar-refractivity contribution in [3.05, 3.63) is 0 Å². The highest BCUT2D eigenvalue weighted by atomic mass is 32.2. The predicted octanol–water partition coefficient (Wildman–Crippen LogP) is -2.18. The lowest BCUT2D eigenvalue weighted by molar-refractivity contribution is -0.146. The van der Waals surface area contributed by atoms with Gasteiger partial charge in [0.05, 0.1) is 16.5 Å². The summed E-state index contributed by atoms with van der Waals surface area (Å²) in [5.74, 6) is -0.585. The standard InChI is InChI=1S/C14H20N4O4S2/c19-11(12(20)9-3-15-6-23-9)8-5-18(2-1-17-8)14(22)13(21)10-4-16-7-24-10/h8-10,15-17H,1-7H2. The van der Waals surface area contributed by atoms with Crippen LogP contribution in [0.1, 0.15) is 0 Å². The van der Waals surface area contributed by atoms with Crippen LogP contribution in [0.3, 0.4) is 0 Å². The summed E-state index contributed by atoms with van der Waals surface area (Å²) in [5, 5.41) is 8.36. The van der Waals surface area contributed by atoms with Crippen LogP contribution < -0.4 is 16.0 Å². The minimum absolute atomic E-state index is 0.0742. The molecule has 3 heterocycles. The monoisotopic (exact) mass is 372 g/mol. The van der Waals surface area contributed by atoms with Crippen LogP contribution in [-0.4, -0.2) is 89.2 Å². The van der Waals surface area contributed by atoms with Gasteiger partial charge >= 0.3 is 0 Å². The smallest absolute Gasteiger partial charge is 0.291 e. The third kappa shape index (κ3) is 3.83. The minimum atomic E-state index is -0.724. The largest absolute Gasteiger partial charge is 0.333 e. The topological polar surface area (TPSA) is 108 Å². The van der Waals surface area contributed by atoms with Crippen molar-refractivity contribution in [3.63, 3.8) is 0 Å². The Hall–Kier alpha value is -0.940. The summed E-state index contributed by atoms with van der Waals surface area (Å²) in [4.78, 5) is 50.6. The van der Waals surface area contributed by atoms with Gasteiger partial charge in [0.1, 0.15) is 0 Å². The number of Topliss-reactive ketones (excluding diaryl/α,β-unsaturated/α-hetero) is 3. The zero-order chi connectivity index (χ0) is 17.1. The second-order valence-corrected chi connectivity index (χ2v) is 8.24. The predicted molar refractivity (Wildman–Crippen MR) is 91.9 cm³/mol. The summed E-state index contributed by atoms with van der Waals surface area (Å²) in [7, 11) is 0. The van der Waals surface area contributed by atoms with E-state index in [1.807, 2.05) is 0 Å². The van der Waals surface area contributed by atoms with E-state index in [0.717, 1.165) is 0 Å². The number of rotatable bonds is 5. The number of amides is 1. The van der Waals surface area contributed by atoms with Gasteiger partial charge in [-0.15, -0.1) is 23.5 Å². The molecule has 3 atom stereocenters. The molecule has 3 aliphatic heterocycles. The first kappa shape index (κ1) is 17.9. The highest BCUT2D eigenvalue weighted by molar-refractivity contribution is 8.01. The van der Waals surface area contributed by atoms with E-state index >= 15 is 0 Å². The van der Waals surface area contributed by atoms with Gasteiger partial charge in [0, 0.05) is 44.5 Å². The summed E-state index contributed by atoms with van der Waals surface area (Å²) in [6.07, 6.45) is 0. The molecule has 24 heavy (non-hydrogen) atoms. The van der Waals surface area contributed by atoms with Gasteiger partial charge in [-0.2, -0.15) is 0 Å². The molecule has 8 nitrogen and oxygen atoms in total. The fourth-order valence-electron chi connectivity index (χ4n) is 2.89. The van der Waals surface area contributed by atoms with Crippen molar-refractivity contribution in [2.24, 2.45) is 0 Å². The maximum Gasteiger partial charge on any atom is 0.291 e. The third-order valence-electron chi connectivity index (χ3n) is 4.25. The molecule has 0 aromatic rings. The van der Waals surface area contributed by atoms with E-state index < -0.39 is 29.3 Å². The number of carbonyl (C=O) groups excluding carboxylic acids is 4. The number of nitrogens with one attached hydrogen (secondary N) is 3. The Bertz CT molecular complexity index is 501. The Morgan fingerprint density at radius 3 is 2.08 bits per heavy atom. The lowest BCUT2D eigenvalue weighted by Crippen LogP contribution is -2.59. The van der Waals surface area contributed by atoms with Crippen LogP contribution >= 0.6 is 23.5 Å². The molecular weight excluding hydrogens is 352 g/mol. The average Bonchev–Trinajstić information content (AvgIpc) is 3.32. The second-order valence-electron chi connectivity index (χ2n) is 5.86. The highest BCUT2D eigenvalue weighted by Crippen LogP contribution is 2.19. The van der Waals surface area contributed by atoms with Gasteiger partial charge in [0.2, 0.25) is 17.3 Å². The fourth-order valence-corrected chi connectivity index (χ4v) is 4.75. The van der Waals surface area contributed by atoms with Crippen LogP contribution in [0.5, 0.6) is 0 Å². The second kappa shape index (κ2) is 7.96. The number of thioether (sulfide) groups is 2. The van der Waals surface area contributed by atoms with E-state index in [1.165, 1.54) is 28.4 Å². The summed E-state index contributed by atoms with van der Waals surface area (Å²) in [6.45, 7) is 1.83. The van der Waals surface area contributed by atoms with Crippen LogP contribution in [0.4, 0.5) is 0 Å². The number of nitrogens with zero attached hydrogens (tertiary/aromatic N) is 1.